The van der Waals surface area contributed by atoms with Crippen LogP contribution in [0.1, 0.15) is 15.9 Å². The molecule has 0 aliphatic carbocycles. The highest BCUT2D eigenvalue weighted by Crippen LogP contribution is 2.31. The lowest BCUT2D eigenvalue weighted by atomic mass is 10.1. The van der Waals surface area contributed by atoms with E-state index in [0.717, 1.165) is 18.0 Å². The van der Waals surface area contributed by atoms with Gasteiger partial charge in [-0.2, -0.15) is 0 Å². The fourth-order valence-corrected chi connectivity index (χ4v) is 2.64. The smallest absolute Gasteiger partial charge is 0.334 e. The summed E-state index contributed by atoms with van der Waals surface area (Å²) in [6, 6.07) is 10.6. The fraction of sp³-hybridized carbons (Fsp3) is 0.0556. The topological polar surface area (TPSA) is 122 Å². The van der Waals surface area contributed by atoms with Crippen LogP contribution in [0.5, 0.6) is 0 Å². The van der Waals surface area contributed by atoms with Crippen LogP contribution in [0.3, 0.4) is 0 Å². The van der Waals surface area contributed by atoms with Gasteiger partial charge < -0.3 is 5.32 Å². The monoisotopic (exact) mass is 416 g/mol. The summed E-state index contributed by atoms with van der Waals surface area (Å²) in [6.07, 6.45) is 1.07. The maximum atomic E-state index is 13.3. The van der Waals surface area contributed by atoms with Crippen LogP contribution in [-0.2, 0) is 0 Å². The van der Waals surface area contributed by atoms with Gasteiger partial charge in [0.05, 0.1) is 9.95 Å². The van der Waals surface area contributed by atoms with Crippen LogP contribution in [0.2, 0.25) is 5.02 Å². The minimum atomic E-state index is -0.713. The van der Waals surface area contributed by atoms with Crippen molar-refractivity contribution in [1.82, 2.24) is 15.4 Å². The minimum Gasteiger partial charge on any atom is -0.334 e. The van der Waals surface area contributed by atoms with Gasteiger partial charge in [-0.3, -0.25) is 25.8 Å². The van der Waals surface area contributed by atoms with E-state index < -0.39 is 22.3 Å². The molecule has 11 heteroatoms. The maximum Gasteiger partial charge on any atom is 0.355 e. The number of halogens is 2. The molecule has 0 unspecified atom stereocenters. The van der Waals surface area contributed by atoms with Crippen molar-refractivity contribution in [1.29, 1.82) is 0 Å². The molecule has 1 heterocycles. The Balaban J connectivity index is 1.85. The molecule has 0 spiro atoms. The molecule has 3 aromatic rings. The summed E-state index contributed by atoms with van der Waals surface area (Å²) in [5, 5.41) is 14.1. The predicted octanol–water partition coefficient (Wildman–Crippen LogP) is 3.99. The first-order valence-electron chi connectivity index (χ1n) is 8.20. The second-order valence-corrected chi connectivity index (χ2v) is 6.23. The van der Waals surface area contributed by atoms with Crippen molar-refractivity contribution in [2.75, 3.05) is 10.7 Å². The highest BCUT2D eigenvalue weighted by molar-refractivity contribution is 6.31. The number of nitrogens with one attached hydrogen (secondary N) is 3. The molecule has 148 valence electrons. The van der Waals surface area contributed by atoms with Crippen LogP contribution in [-0.4, -0.2) is 20.8 Å². The largest absolute Gasteiger partial charge is 0.355 e. The van der Waals surface area contributed by atoms with Gasteiger partial charge in [-0.25, -0.2) is 14.4 Å². The summed E-state index contributed by atoms with van der Waals surface area (Å²) in [5.74, 6) is -1.52. The van der Waals surface area contributed by atoms with Crippen LogP contribution in [0.4, 0.5) is 27.4 Å². The second-order valence-electron chi connectivity index (χ2n) is 5.82. The van der Waals surface area contributed by atoms with Crippen molar-refractivity contribution in [2.45, 2.75) is 6.92 Å². The first-order chi connectivity index (χ1) is 13.9. The molecular weight excluding hydrogens is 403 g/mol. The van der Waals surface area contributed by atoms with E-state index >= 15 is 0 Å². The van der Waals surface area contributed by atoms with Crippen molar-refractivity contribution in [2.24, 2.45) is 0 Å². The van der Waals surface area contributed by atoms with Crippen molar-refractivity contribution in [3.8, 4) is 0 Å². The number of aromatic nitrogens is 2. The first-order valence-corrected chi connectivity index (χ1v) is 8.58. The van der Waals surface area contributed by atoms with Gasteiger partial charge in [0.25, 0.3) is 5.91 Å². The van der Waals surface area contributed by atoms with Gasteiger partial charge in [0.1, 0.15) is 12.1 Å². The molecule has 0 radical (unpaired) electrons. The zero-order valence-electron chi connectivity index (χ0n) is 14.9. The molecule has 3 N–H and O–H groups in total. The van der Waals surface area contributed by atoms with Crippen LogP contribution < -0.4 is 16.2 Å². The summed E-state index contributed by atoms with van der Waals surface area (Å²) in [6.45, 7) is 1.76. The summed E-state index contributed by atoms with van der Waals surface area (Å²) in [4.78, 5) is 30.8. The Hall–Kier alpha value is -3.79. The molecule has 0 saturated heterocycles. The number of nitrogens with zero attached hydrogens (tertiary/aromatic N) is 3. The van der Waals surface area contributed by atoms with E-state index in [4.69, 9.17) is 11.6 Å². The van der Waals surface area contributed by atoms with Gasteiger partial charge >= 0.3 is 5.69 Å². The zero-order chi connectivity index (χ0) is 21.0. The highest BCUT2D eigenvalue weighted by Gasteiger charge is 2.24. The average molecular weight is 417 g/mol. The van der Waals surface area contributed by atoms with E-state index in [-0.39, 0.29) is 22.3 Å². The van der Waals surface area contributed by atoms with Crippen molar-refractivity contribution < 1.29 is 14.1 Å². The molecule has 0 atom stereocenters. The molecule has 0 fully saturated rings. The summed E-state index contributed by atoms with van der Waals surface area (Å²) < 4.78 is 13.3. The molecule has 3 rings (SSSR count). The van der Waals surface area contributed by atoms with E-state index in [1.807, 2.05) is 0 Å². The first kappa shape index (κ1) is 20.0. The third kappa shape index (κ3) is 4.55. The number of rotatable bonds is 6. The molecular formula is C18H14ClFN6O3. The van der Waals surface area contributed by atoms with Crippen molar-refractivity contribution >= 4 is 40.5 Å². The van der Waals surface area contributed by atoms with Crippen LogP contribution >= 0.6 is 11.6 Å². The molecule has 1 aromatic heterocycles. The summed E-state index contributed by atoms with van der Waals surface area (Å²) in [5.41, 5.74) is 5.73. The van der Waals surface area contributed by atoms with Gasteiger partial charge in [0.15, 0.2) is 0 Å². The number of aryl methyl sites for hydroxylation is 1. The van der Waals surface area contributed by atoms with E-state index in [1.165, 1.54) is 12.1 Å². The number of hydrogen-bond donors (Lipinski definition) is 3. The SMILES string of the molecule is Cc1ccccc1C(=O)NNc1ncnc(Nc2ccc(F)c(Cl)c2)c1[N+](=O)[O-]. The number of hydrogen-bond acceptors (Lipinski definition) is 7. The fourth-order valence-electron chi connectivity index (χ4n) is 2.46. The maximum absolute atomic E-state index is 13.3. The Labute approximate surface area is 169 Å². The molecule has 1 amide bonds. The Morgan fingerprint density at radius 1 is 1.17 bits per heavy atom. The lowest BCUT2D eigenvalue weighted by Gasteiger charge is -2.12. The molecule has 0 bridgehead atoms. The van der Waals surface area contributed by atoms with Crippen LogP contribution in [0.15, 0.2) is 48.8 Å². The Morgan fingerprint density at radius 2 is 1.90 bits per heavy atom. The predicted molar refractivity (Wildman–Crippen MR) is 106 cm³/mol. The number of amides is 1. The Bertz CT molecular complexity index is 1090. The van der Waals surface area contributed by atoms with E-state index in [0.29, 0.717) is 5.56 Å². The third-order valence-electron chi connectivity index (χ3n) is 3.87. The summed E-state index contributed by atoms with van der Waals surface area (Å²) >= 11 is 5.73. The molecule has 0 aliphatic rings. The number of nitro groups is 1. The molecule has 2 aromatic carbocycles. The third-order valence-corrected chi connectivity index (χ3v) is 4.16. The minimum absolute atomic E-state index is 0.157. The van der Waals surface area contributed by atoms with E-state index in [2.05, 4.69) is 26.1 Å². The van der Waals surface area contributed by atoms with Crippen molar-refractivity contribution in [3.05, 3.63) is 80.9 Å². The summed E-state index contributed by atoms with van der Waals surface area (Å²) in [7, 11) is 0. The quantitative estimate of drug-likeness (QED) is 0.410. The Morgan fingerprint density at radius 3 is 2.59 bits per heavy atom. The normalized spacial score (nSPS) is 10.3. The standard InChI is InChI=1S/C18H14ClFN6O3/c1-10-4-2-3-5-12(10)18(27)25-24-17-15(26(28)29)16(21-9-22-17)23-11-6-7-14(20)13(19)8-11/h2-9H,1H3,(H,25,27)(H2,21,22,23,24). The molecule has 29 heavy (non-hydrogen) atoms. The molecule has 9 nitrogen and oxygen atoms in total. The number of carbonyl (C=O) groups excluding carboxylic acids is 1. The Kier molecular flexibility index (Phi) is 5.84. The number of carbonyl (C=O) groups is 1. The number of benzene rings is 2. The molecule has 0 aliphatic heterocycles. The van der Waals surface area contributed by atoms with Gasteiger partial charge in [0, 0.05) is 11.3 Å². The van der Waals surface area contributed by atoms with Crippen LogP contribution in [0, 0.1) is 22.9 Å². The second kappa shape index (κ2) is 8.48. The lowest BCUT2D eigenvalue weighted by Crippen LogP contribution is -2.30. The van der Waals surface area contributed by atoms with Gasteiger partial charge in [-0.15, -0.1) is 0 Å². The number of hydrazine groups is 1. The van der Waals surface area contributed by atoms with Gasteiger partial charge in [0.2, 0.25) is 11.6 Å². The van der Waals surface area contributed by atoms with Crippen molar-refractivity contribution in [3.63, 3.8) is 0 Å². The number of anilines is 3. The van der Waals surface area contributed by atoms with E-state index in [1.54, 1.807) is 31.2 Å². The average Bonchev–Trinajstić information content (AvgIpc) is 2.69. The molecule has 0 saturated carbocycles. The van der Waals surface area contributed by atoms with Gasteiger partial charge in [-0.1, -0.05) is 29.8 Å². The zero-order valence-corrected chi connectivity index (χ0v) is 15.7. The lowest BCUT2D eigenvalue weighted by molar-refractivity contribution is -0.383. The highest BCUT2D eigenvalue weighted by atomic mass is 35.5. The van der Waals surface area contributed by atoms with E-state index in [9.17, 15) is 19.3 Å². The van der Waals surface area contributed by atoms with Crippen LogP contribution in [0.25, 0.3) is 0 Å². The van der Waals surface area contributed by atoms with Gasteiger partial charge in [-0.05, 0) is 36.8 Å².